The van der Waals surface area contributed by atoms with E-state index < -0.39 is 0 Å². The molecule has 0 bridgehead atoms. The van der Waals surface area contributed by atoms with Crippen molar-refractivity contribution >= 4 is 0 Å². The van der Waals surface area contributed by atoms with Crippen LogP contribution in [0, 0.1) is 0 Å². The van der Waals surface area contributed by atoms with E-state index in [1.54, 1.807) is 0 Å². The number of nitrogens with two attached hydrogens (primary N) is 1. The largest absolute Gasteiger partial charge is 0.321 e. The smallest absolute Gasteiger partial charge is 0.0486 e. The monoisotopic (exact) mass is 161 g/mol. The molecule has 1 aliphatic rings. The molecule has 1 heteroatoms. The fourth-order valence-electron chi connectivity index (χ4n) is 1.30. The first kappa shape index (κ1) is 9.01. The third-order valence-corrected chi connectivity index (χ3v) is 1.94. The Morgan fingerprint density at radius 1 is 1.50 bits per heavy atom. The fourth-order valence-corrected chi connectivity index (χ4v) is 1.30. The SMILES string of the molecule is C/C=C\C(C)=C1\C=CC=CC1N. The van der Waals surface area contributed by atoms with E-state index in [-0.39, 0.29) is 6.04 Å². The number of rotatable bonds is 1. The number of hydrogen-bond donors (Lipinski definition) is 1. The lowest BCUT2D eigenvalue weighted by molar-refractivity contribution is 0.957. The minimum atomic E-state index is 0.0613. The van der Waals surface area contributed by atoms with Crippen molar-refractivity contribution in [2.24, 2.45) is 5.73 Å². The van der Waals surface area contributed by atoms with Crippen molar-refractivity contribution in [3.05, 3.63) is 47.6 Å². The summed E-state index contributed by atoms with van der Waals surface area (Å²) in [5.41, 5.74) is 8.33. The molecule has 1 aliphatic carbocycles. The summed E-state index contributed by atoms with van der Waals surface area (Å²) in [5, 5.41) is 0. The molecule has 1 nitrogen and oxygen atoms in total. The maximum Gasteiger partial charge on any atom is 0.0486 e. The van der Waals surface area contributed by atoms with E-state index in [9.17, 15) is 0 Å². The second-order valence-electron chi connectivity index (χ2n) is 2.91. The number of hydrogen-bond acceptors (Lipinski definition) is 1. The fraction of sp³-hybridized carbons (Fsp3) is 0.273. The second kappa shape index (κ2) is 4.07. The molecule has 0 aliphatic heterocycles. The molecule has 0 spiro atoms. The van der Waals surface area contributed by atoms with Crippen molar-refractivity contribution in [2.75, 3.05) is 0 Å². The third-order valence-electron chi connectivity index (χ3n) is 1.94. The highest BCUT2D eigenvalue weighted by atomic mass is 14.6. The van der Waals surface area contributed by atoms with Crippen LogP contribution in [0.25, 0.3) is 0 Å². The normalized spacial score (nSPS) is 26.8. The molecule has 1 rings (SSSR count). The van der Waals surface area contributed by atoms with Crippen LogP contribution in [0.4, 0.5) is 0 Å². The molecule has 0 saturated carbocycles. The standard InChI is InChI=1S/C11H15N/c1-3-6-9(2)10-7-4-5-8-11(10)12/h3-8,11H,12H2,1-2H3/b6-3-,10-9-. The zero-order valence-electron chi connectivity index (χ0n) is 7.62. The van der Waals surface area contributed by atoms with Crippen LogP contribution in [0.2, 0.25) is 0 Å². The lowest BCUT2D eigenvalue weighted by Crippen LogP contribution is -2.20. The van der Waals surface area contributed by atoms with Gasteiger partial charge in [-0.2, -0.15) is 0 Å². The Morgan fingerprint density at radius 2 is 2.25 bits per heavy atom. The van der Waals surface area contributed by atoms with Gasteiger partial charge in [-0.1, -0.05) is 36.5 Å². The summed E-state index contributed by atoms with van der Waals surface area (Å²) >= 11 is 0. The zero-order valence-corrected chi connectivity index (χ0v) is 7.62. The van der Waals surface area contributed by atoms with Crippen molar-refractivity contribution in [1.82, 2.24) is 0 Å². The van der Waals surface area contributed by atoms with Crippen LogP contribution in [0.15, 0.2) is 47.6 Å². The first-order chi connectivity index (χ1) is 5.75. The van der Waals surface area contributed by atoms with Crippen LogP contribution >= 0.6 is 0 Å². The van der Waals surface area contributed by atoms with Gasteiger partial charge in [-0.15, -0.1) is 0 Å². The lowest BCUT2D eigenvalue weighted by Gasteiger charge is -2.13. The van der Waals surface area contributed by atoms with E-state index in [4.69, 9.17) is 5.73 Å². The summed E-state index contributed by atoms with van der Waals surface area (Å²) in [6.45, 7) is 4.09. The molecule has 12 heavy (non-hydrogen) atoms. The summed E-state index contributed by atoms with van der Waals surface area (Å²) in [5.74, 6) is 0. The van der Waals surface area contributed by atoms with Gasteiger partial charge in [0.2, 0.25) is 0 Å². The van der Waals surface area contributed by atoms with Crippen LogP contribution in [-0.2, 0) is 0 Å². The van der Waals surface area contributed by atoms with Crippen molar-refractivity contribution in [1.29, 1.82) is 0 Å². The van der Waals surface area contributed by atoms with Gasteiger partial charge in [0.25, 0.3) is 0 Å². The highest BCUT2D eigenvalue weighted by Gasteiger charge is 2.06. The Kier molecular flexibility index (Phi) is 3.06. The summed E-state index contributed by atoms with van der Waals surface area (Å²) < 4.78 is 0. The summed E-state index contributed by atoms with van der Waals surface area (Å²) in [7, 11) is 0. The molecule has 0 amide bonds. The number of allylic oxidation sites excluding steroid dienone is 5. The van der Waals surface area contributed by atoms with E-state index in [1.165, 1.54) is 11.1 Å². The van der Waals surface area contributed by atoms with E-state index in [0.717, 1.165) is 0 Å². The first-order valence-electron chi connectivity index (χ1n) is 4.19. The minimum Gasteiger partial charge on any atom is -0.321 e. The Labute approximate surface area is 74.0 Å². The van der Waals surface area contributed by atoms with Crippen molar-refractivity contribution in [3.8, 4) is 0 Å². The van der Waals surface area contributed by atoms with E-state index in [2.05, 4.69) is 19.1 Å². The third kappa shape index (κ3) is 1.95. The van der Waals surface area contributed by atoms with Gasteiger partial charge in [0, 0.05) is 6.04 Å². The average Bonchev–Trinajstić information content (AvgIpc) is 2.05. The van der Waals surface area contributed by atoms with Gasteiger partial charge in [-0.05, 0) is 25.0 Å². The predicted octanol–water partition coefficient (Wildman–Crippen LogP) is 2.33. The van der Waals surface area contributed by atoms with Crippen molar-refractivity contribution in [2.45, 2.75) is 19.9 Å². The summed E-state index contributed by atoms with van der Waals surface area (Å²) in [6.07, 6.45) is 12.2. The van der Waals surface area contributed by atoms with Crippen LogP contribution in [0.5, 0.6) is 0 Å². The molecule has 0 aromatic heterocycles. The quantitative estimate of drug-likeness (QED) is 0.627. The Morgan fingerprint density at radius 3 is 2.83 bits per heavy atom. The van der Waals surface area contributed by atoms with Crippen molar-refractivity contribution < 1.29 is 0 Å². The Hall–Kier alpha value is -1.08. The van der Waals surface area contributed by atoms with Crippen LogP contribution in [0.3, 0.4) is 0 Å². The molecule has 2 N–H and O–H groups in total. The molecular weight excluding hydrogens is 146 g/mol. The molecule has 0 fully saturated rings. The highest BCUT2D eigenvalue weighted by Crippen LogP contribution is 2.15. The molecule has 0 aromatic carbocycles. The van der Waals surface area contributed by atoms with Crippen LogP contribution in [0.1, 0.15) is 13.8 Å². The summed E-state index contributed by atoms with van der Waals surface area (Å²) in [6, 6.07) is 0.0613. The molecular formula is C11H15N. The average molecular weight is 161 g/mol. The minimum absolute atomic E-state index is 0.0613. The highest BCUT2D eigenvalue weighted by molar-refractivity contribution is 5.42. The maximum atomic E-state index is 5.88. The molecule has 1 atom stereocenters. The van der Waals surface area contributed by atoms with Gasteiger partial charge >= 0.3 is 0 Å². The van der Waals surface area contributed by atoms with E-state index >= 15 is 0 Å². The van der Waals surface area contributed by atoms with E-state index in [1.807, 2.05) is 31.2 Å². The van der Waals surface area contributed by atoms with Gasteiger partial charge in [-0.25, -0.2) is 0 Å². The van der Waals surface area contributed by atoms with E-state index in [0.29, 0.717) is 0 Å². The Bertz CT molecular complexity index is 267. The van der Waals surface area contributed by atoms with Gasteiger partial charge in [0.1, 0.15) is 0 Å². The molecule has 0 saturated heterocycles. The molecule has 0 radical (unpaired) electrons. The van der Waals surface area contributed by atoms with Gasteiger partial charge < -0.3 is 5.73 Å². The zero-order chi connectivity index (χ0) is 8.97. The summed E-state index contributed by atoms with van der Waals surface area (Å²) in [4.78, 5) is 0. The second-order valence-corrected chi connectivity index (χ2v) is 2.91. The van der Waals surface area contributed by atoms with Crippen molar-refractivity contribution in [3.63, 3.8) is 0 Å². The molecule has 0 aromatic rings. The molecule has 1 unspecified atom stereocenters. The van der Waals surface area contributed by atoms with Crippen LogP contribution < -0.4 is 5.73 Å². The van der Waals surface area contributed by atoms with Gasteiger partial charge in [0.05, 0.1) is 0 Å². The lowest BCUT2D eigenvalue weighted by atomic mass is 9.98. The molecule has 0 heterocycles. The van der Waals surface area contributed by atoms with Crippen LogP contribution in [-0.4, -0.2) is 6.04 Å². The predicted molar refractivity (Wildman–Crippen MR) is 53.8 cm³/mol. The van der Waals surface area contributed by atoms with Gasteiger partial charge in [0.15, 0.2) is 0 Å². The van der Waals surface area contributed by atoms with Gasteiger partial charge in [-0.3, -0.25) is 0 Å². The topological polar surface area (TPSA) is 26.0 Å². The maximum absolute atomic E-state index is 5.88. The first-order valence-corrected chi connectivity index (χ1v) is 4.19. The Balaban J connectivity index is 2.93. The molecule has 64 valence electrons.